The molecule has 0 saturated carbocycles. The number of anilines is 1. The summed E-state index contributed by atoms with van der Waals surface area (Å²) in [5.74, 6) is 0.642. The van der Waals surface area contributed by atoms with Gasteiger partial charge in [0.15, 0.2) is 0 Å². The highest BCUT2D eigenvalue weighted by Crippen LogP contribution is 2.24. The fourth-order valence-electron chi connectivity index (χ4n) is 2.62. The molecule has 1 atom stereocenters. The van der Waals surface area contributed by atoms with Crippen molar-refractivity contribution in [1.29, 1.82) is 0 Å². The van der Waals surface area contributed by atoms with Crippen molar-refractivity contribution in [2.24, 2.45) is 5.92 Å². The molecule has 1 aliphatic rings. The maximum Gasteiger partial charge on any atom is 0.0502 e. The third-order valence-electron chi connectivity index (χ3n) is 3.47. The van der Waals surface area contributed by atoms with E-state index in [1.165, 1.54) is 12.8 Å². The summed E-state index contributed by atoms with van der Waals surface area (Å²) in [5, 5.41) is 0.804. The number of halogens is 1. The van der Waals surface area contributed by atoms with Crippen LogP contribution in [-0.4, -0.2) is 31.7 Å². The molecule has 1 aliphatic heterocycles. The number of nitrogens with two attached hydrogens (primary N) is 1. The van der Waals surface area contributed by atoms with Crippen LogP contribution in [0.4, 0.5) is 5.69 Å². The van der Waals surface area contributed by atoms with Crippen LogP contribution in [0.3, 0.4) is 0 Å². The lowest BCUT2D eigenvalue weighted by molar-refractivity contribution is 0.0874. The molecule has 0 radical (unpaired) electrons. The highest BCUT2D eigenvalue weighted by molar-refractivity contribution is 6.31. The molecule has 0 spiro atoms. The monoisotopic (exact) mass is 268 g/mol. The smallest absolute Gasteiger partial charge is 0.0502 e. The van der Waals surface area contributed by atoms with E-state index < -0.39 is 0 Å². The number of hydrogen-bond acceptors (Lipinski definition) is 3. The number of likely N-dealkylation sites (tertiary alicyclic amines) is 1. The van der Waals surface area contributed by atoms with E-state index in [0.29, 0.717) is 5.92 Å². The topological polar surface area (TPSA) is 38.5 Å². The number of nitrogen functional groups attached to an aromatic ring is 1. The highest BCUT2D eigenvalue weighted by atomic mass is 35.5. The summed E-state index contributed by atoms with van der Waals surface area (Å²) in [6.45, 7) is 3.94. The first-order valence-corrected chi connectivity index (χ1v) is 6.82. The molecule has 1 unspecified atom stereocenters. The first kappa shape index (κ1) is 13.7. The number of rotatable bonds is 4. The molecule has 0 bridgehead atoms. The Labute approximate surface area is 114 Å². The van der Waals surface area contributed by atoms with E-state index in [4.69, 9.17) is 22.1 Å². The number of piperidine rings is 1. The van der Waals surface area contributed by atoms with Crippen molar-refractivity contribution in [2.45, 2.75) is 19.4 Å². The third-order valence-corrected chi connectivity index (χ3v) is 3.84. The Balaban J connectivity index is 1.98. The Hall–Kier alpha value is -0.770. The van der Waals surface area contributed by atoms with Gasteiger partial charge in [0.25, 0.3) is 0 Å². The van der Waals surface area contributed by atoms with Crippen LogP contribution >= 0.6 is 11.6 Å². The average Bonchev–Trinajstić information content (AvgIpc) is 2.35. The largest absolute Gasteiger partial charge is 0.399 e. The molecular formula is C14H21ClN2O. The van der Waals surface area contributed by atoms with Gasteiger partial charge in [0.2, 0.25) is 0 Å². The summed E-state index contributed by atoms with van der Waals surface area (Å²) in [6, 6.07) is 5.70. The van der Waals surface area contributed by atoms with Gasteiger partial charge < -0.3 is 10.5 Å². The lowest BCUT2D eigenvalue weighted by Gasteiger charge is -2.32. The Kier molecular flexibility index (Phi) is 4.87. The van der Waals surface area contributed by atoms with E-state index in [2.05, 4.69) is 4.90 Å². The minimum atomic E-state index is 0.642. The second-order valence-electron chi connectivity index (χ2n) is 5.05. The van der Waals surface area contributed by atoms with Gasteiger partial charge in [-0.25, -0.2) is 0 Å². The molecule has 100 valence electrons. The fourth-order valence-corrected chi connectivity index (χ4v) is 2.80. The Morgan fingerprint density at radius 2 is 2.33 bits per heavy atom. The van der Waals surface area contributed by atoms with Crippen LogP contribution in [0.2, 0.25) is 5.02 Å². The van der Waals surface area contributed by atoms with E-state index in [1.54, 1.807) is 7.11 Å². The Bertz CT molecular complexity index is 395. The van der Waals surface area contributed by atoms with Gasteiger partial charge >= 0.3 is 0 Å². The van der Waals surface area contributed by atoms with Gasteiger partial charge in [-0.2, -0.15) is 0 Å². The summed E-state index contributed by atoms with van der Waals surface area (Å²) in [7, 11) is 1.77. The molecule has 1 heterocycles. The molecular weight excluding hydrogens is 248 g/mol. The van der Waals surface area contributed by atoms with Gasteiger partial charge in [-0.15, -0.1) is 0 Å². The Morgan fingerprint density at radius 1 is 1.50 bits per heavy atom. The maximum atomic E-state index is 6.21. The molecule has 2 rings (SSSR count). The van der Waals surface area contributed by atoms with Crippen molar-refractivity contribution in [1.82, 2.24) is 4.90 Å². The number of ether oxygens (including phenoxy) is 1. The zero-order chi connectivity index (χ0) is 13.0. The molecule has 1 aromatic rings. The standard InChI is InChI=1S/C14H21ClN2O/c1-18-10-11-3-2-6-17(8-11)9-12-7-13(16)4-5-14(12)15/h4-5,7,11H,2-3,6,8-10,16H2,1H3. The minimum absolute atomic E-state index is 0.642. The van der Waals surface area contributed by atoms with E-state index in [-0.39, 0.29) is 0 Å². The van der Waals surface area contributed by atoms with Gasteiger partial charge in [-0.05, 0) is 49.1 Å². The molecule has 3 nitrogen and oxygen atoms in total. The van der Waals surface area contributed by atoms with Crippen molar-refractivity contribution in [3.63, 3.8) is 0 Å². The molecule has 0 aliphatic carbocycles. The normalized spacial score (nSPS) is 21.1. The lowest BCUT2D eigenvalue weighted by atomic mass is 9.98. The fraction of sp³-hybridized carbons (Fsp3) is 0.571. The molecule has 1 aromatic carbocycles. The predicted octanol–water partition coefficient (Wildman–Crippen LogP) is 2.78. The summed E-state index contributed by atoms with van der Waals surface area (Å²) >= 11 is 6.21. The zero-order valence-electron chi connectivity index (χ0n) is 10.9. The maximum absolute atomic E-state index is 6.21. The zero-order valence-corrected chi connectivity index (χ0v) is 11.6. The Morgan fingerprint density at radius 3 is 3.11 bits per heavy atom. The van der Waals surface area contributed by atoms with E-state index >= 15 is 0 Å². The first-order valence-electron chi connectivity index (χ1n) is 6.44. The molecule has 1 fully saturated rings. The summed E-state index contributed by atoms with van der Waals surface area (Å²) in [6.07, 6.45) is 2.49. The van der Waals surface area contributed by atoms with Crippen LogP contribution in [0.1, 0.15) is 18.4 Å². The number of benzene rings is 1. The highest BCUT2D eigenvalue weighted by Gasteiger charge is 2.20. The van der Waals surface area contributed by atoms with Crippen LogP contribution in [-0.2, 0) is 11.3 Å². The van der Waals surface area contributed by atoms with E-state index in [9.17, 15) is 0 Å². The molecule has 0 aromatic heterocycles. The summed E-state index contributed by atoms with van der Waals surface area (Å²) < 4.78 is 5.25. The van der Waals surface area contributed by atoms with Crippen LogP contribution in [0.25, 0.3) is 0 Å². The molecule has 2 N–H and O–H groups in total. The van der Waals surface area contributed by atoms with Gasteiger partial charge in [-0.1, -0.05) is 11.6 Å². The molecule has 1 saturated heterocycles. The van der Waals surface area contributed by atoms with Gasteiger partial charge in [0.05, 0.1) is 6.61 Å². The molecule has 4 heteroatoms. The number of hydrogen-bond donors (Lipinski definition) is 1. The summed E-state index contributed by atoms with van der Waals surface area (Å²) in [5.41, 5.74) is 7.71. The van der Waals surface area contributed by atoms with Crippen LogP contribution in [0.5, 0.6) is 0 Å². The van der Waals surface area contributed by atoms with Crippen molar-refractivity contribution in [3.05, 3.63) is 28.8 Å². The van der Waals surface area contributed by atoms with E-state index in [1.807, 2.05) is 18.2 Å². The van der Waals surface area contributed by atoms with Crippen molar-refractivity contribution < 1.29 is 4.74 Å². The lowest BCUT2D eigenvalue weighted by Crippen LogP contribution is -2.36. The SMILES string of the molecule is COCC1CCCN(Cc2cc(N)ccc2Cl)C1. The second-order valence-corrected chi connectivity index (χ2v) is 5.46. The quantitative estimate of drug-likeness (QED) is 0.854. The minimum Gasteiger partial charge on any atom is -0.399 e. The van der Waals surface area contributed by atoms with Crippen molar-refractivity contribution in [2.75, 3.05) is 32.5 Å². The van der Waals surface area contributed by atoms with Gasteiger partial charge in [0.1, 0.15) is 0 Å². The number of methoxy groups -OCH3 is 1. The summed E-state index contributed by atoms with van der Waals surface area (Å²) in [4.78, 5) is 2.44. The van der Waals surface area contributed by atoms with Gasteiger partial charge in [-0.3, -0.25) is 4.90 Å². The van der Waals surface area contributed by atoms with Crippen molar-refractivity contribution >= 4 is 17.3 Å². The van der Waals surface area contributed by atoms with Crippen LogP contribution < -0.4 is 5.73 Å². The van der Waals surface area contributed by atoms with Crippen molar-refractivity contribution in [3.8, 4) is 0 Å². The molecule has 18 heavy (non-hydrogen) atoms. The predicted molar refractivity (Wildman–Crippen MR) is 75.7 cm³/mol. The van der Waals surface area contributed by atoms with Crippen LogP contribution in [0, 0.1) is 5.92 Å². The van der Waals surface area contributed by atoms with E-state index in [0.717, 1.165) is 42.5 Å². The molecule has 0 amide bonds. The van der Waals surface area contributed by atoms with Gasteiger partial charge in [0, 0.05) is 30.9 Å². The average molecular weight is 269 g/mol. The van der Waals surface area contributed by atoms with Crippen LogP contribution in [0.15, 0.2) is 18.2 Å². The second kappa shape index (κ2) is 6.41. The third kappa shape index (κ3) is 3.61. The first-order chi connectivity index (χ1) is 8.69. The number of nitrogens with zero attached hydrogens (tertiary/aromatic N) is 1.